The molecule has 0 unspecified atom stereocenters. The quantitative estimate of drug-likeness (QED) is 0.805. The molecule has 24 heavy (non-hydrogen) atoms. The lowest BCUT2D eigenvalue weighted by atomic mass is 10.1. The summed E-state index contributed by atoms with van der Waals surface area (Å²) in [6.07, 6.45) is 3.30. The number of hydrogen-bond acceptors (Lipinski definition) is 5. The zero-order valence-corrected chi connectivity index (χ0v) is 13.6. The maximum atomic E-state index is 12.3. The van der Waals surface area contributed by atoms with Gasteiger partial charge in [0.1, 0.15) is 5.76 Å². The summed E-state index contributed by atoms with van der Waals surface area (Å²) in [4.78, 5) is 12.3. The van der Waals surface area contributed by atoms with Gasteiger partial charge in [0, 0.05) is 20.1 Å². The van der Waals surface area contributed by atoms with Gasteiger partial charge < -0.3 is 23.9 Å². The van der Waals surface area contributed by atoms with Crippen molar-refractivity contribution in [2.24, 2.45) is 0 Å². The number of ether oxygens (including phenoxy) is 3. The van der Waals surface area contributed by atoms with E-state index in [1.807, 2.05) is 30.3 Å². The fourth-order valence-electron chi connectivity index (χ4n) is 2.63. The number of fused-ring (bicyclic) bond motifs is 1. The minimum atomic E-state index is -0.177. The number of methoxy groups -OCH3 is 1. The molecular formula is C18H21NO5. The monoisotopic (exact) mass is 331 g/mol. The van der Waals surface area contributed by atoms with Crippen molar-refractivity contribution < 1.29 is 23.4 Å². The molecule has 0 radical (unpaired) electrons. The maximum Gasteiger partial charge on any atom is 0.231 e. The lowest BCUT2D eigenvalue weighted by molar-refractivity contribution is -0.122. The van der Waals surface area contributed by atoms with E-state index < -0.39 is 0 Å². The smallest absolute Gasteiger partial charge is 0.231 e. The molecule has 1 atom stereocenters. The van der Waals surface area contributed by atoms with Crippen LogP contribution in [0.2, 0.25) is 0 Å². The molecule has 6 heteroatoms. The third-order valence-corrected chi connectivity index (χ3v) is 3.91. The number of aryl methyl sites for hydroxylation is 1. The summed E-state index contributed by atoms with van der Waals surface area (Å²) in [6, 6.07) is 9.25. The van der Waals surface area contributed by atoms with Crippen LogP contribution in [0.5, 0.6) is 11.5 Å². The van der Waals surface area contributed by atoms with Crippen molar-refractivity contribution in [3.05, 3.63) is 47.9 Å². The minimum Gasteiger partial charge on any atom is -0.467 e. The molecule has 3 rings (SSSR count). The Labute approximate surface area is 140 Å². The Bertz CT molecular complexity index is 668. The number of carbonyl (C=O) groups is 1. The van der Waals surface area contributed by atoms with Crippen molar-refractivity contribution in [2.45, 2.75) is 25.3 Å². The lowest BCUT2D eigenvalue weighted by Crippen LogP contribution is -2.29. The second-order valence-corrected chi connectivity index (χ2v) is 5.60. The Morgan fingerprint density at radius 1 is 1.29 bits per heavy atom. The average Bonchev–Trinajstić information content (AvgIpc) is 3.27. The number of rotatable bonds is 8. The van der Waals surface area contributed by atoms with Crippen molar-refractivity contribution in [3.8, 4) is 11.5 Å². The molecule has 0 saturated heterocycles. The van der Waals surface area contributed by atoms with Crippen molar-refractivity contribution >= 4 is 5.91 Å². The predicted molar refractivity (Wildman–Crippen MR) is 87.0 cm³/mol. The van der Waals surface area contributed by atoms with Crippen molar-refractivity contribution in [2.75, 3.05) is 20.5 Å². The van der Waals surface area contributed by atoms with E-state index in [1.165, 1.54) is 0 Å². The number of nitrogens with one attached hydrogen (secondary N) is 1. The van der Waals surface area contributed by atoms with Gasteiger partial charge in [-0.15, -0.1) is 0 Å². The van der Waals surface area contributed by atoms with Crippen LogP contribution in [0.1, 0.15) is 30.2 Å². The van der Waals surface area contributed by atoms with Gasteiger partial charge in [0.05, 0.1) is 12.3 Å². The van der Waals surface area contributed by atoms with E-state index in [9.17, 15) is 4.79 Å². The molecule has 0 saturated carbocycles. The highest BCUT2D eigenvalue weighted by Crippen LogP contribution is 2.32. The van der Waals surface area contributed by atoms with Gasteiger partial charge in [-0.25, -0.2) is 0 Å². The molecule has 1 aliphatic rings. The van der Waals surface area contributed by atoms with Crippen LogP contribution in [-0.2, 0) is 16.0 Å². The van der Waals surface area contributed by atoms with Gasteiger partial charge in [0.15, 0.2) is 11.5 Å². The summed E-state index contributed by atoms with van der Waals surface area (Å²) in [7, 11) is 1.64. The fraction of sp³-hybridized carbons (Fsp3) is 0.389. The maximum absolute atomic E-state index is 12.3. The number of amides is 1. The summed E-state index contributed by atoms with van der Waals surface area (Å²) < 4.78 is 21.2. The molecule has 0 spiro atoms. The van der Waals surface area contributed by atoms with Crippen molar-refractivity contribution in [1.29, 1.82) is 0 Å². The van der Waals surface area contributed by atoms with Gasteiger partial charge >= 0.3 is 0 Å². The van der Waals surface area contributed by atoms with E-state index >= 15 is 0 Å². The van der Waals surface area contributed by atoms with Crippen LogP contribution in [0.3, 0.4) is 0 Å². The second-order valence-electron chi connectivity index (χ2n) is 5.60. The number of carbonyl (C=O) groups excluding carboxylic acids is 1. The van der Waals surface area contributed by atoms with Crippen LogP contribution in [0.25, 0.3) is 0 Å². The SMILES string of the molecule is COCC[C@H](NC(=O)CCc1ccc2c(c1)OCO2)c1ccco1. The first-order valence-electron chi connectivity index (χ1n) is 7.96. The largest absolute Gasteiger partial charge is 0.467 e. The Balaban J connectivity index is 1.54. The van der Waals surface area contributed by atoms with E-state index in [1.54, 1.807) is 13.4 Å². The molecule has 2 aromatic rings. The zero-order valence-electron chi connectivity index (χ0n) is 13.6. The lowest BCUT2D eigenvalue weighted by Gasteiger charge is -2.16. The molecule has 0 bridgehead atoms. The van der Waals surface area contributed by atoms with Crippen LogP contribution in [0.4, 0.5) is 0 Å². The predicted octanol–water partition coefficient (Wildman–Crippen LogP) is 2.83. The van der Waals surface area contributed by atoms with Crippen LogP contribution in [0, 0.1) is 0 Å². The second kappa shape index (κ2) is 7.88. The van der Waals surface area contributed by atoms with Crippen molar-refractivity contribution in [1.82, 2.24) is 5.32 Å². The average molecular weight is 331 g/mol. The summed E-state index contributed by atoms with van der Waals surface area (Å²) in [5.41, 5.74) is 1.04. The topological polar surface area (TPSA) is 69.9 Å². The molecule has 0 aliphatic carbocycles. The first-order chi connectivity index (χ1) is 11.8. The molecule has 1 aromatic carbocycles. The van der Waals surface area contributed by atoms with E-state index in [0.717, 1.165) is 22.8 Å². The molecule has 6 nitrogen and oxygen atoms in total. The third-order valence-electron chi connectivity index (χ3n) is 3.91. The zero-order chi connectivity index (χ0) is 16.8. The highest BCUT2D eigenvalue weighted by Gasteiger charge is 2.18. The summed E-state index contributed by atoms with van der Waals surface area (Å²) in [5.74, 6) is 2.20. The van der Waals surface area contributed by atoms with Crippen molar-refractivity contribution in [3.63, 3.8) is 0 Å². The molecule has 1 aromatic heterocycles. The standard InChI is InChI=1S/C18H21NO5/c1-21-10-8-14(15-3-2-9-22-15)19-18(20)7-5-13-4-6-16-17(11-13)24-12-23-16/h2-4,6,9,11,14H,5,7-8,10,12H2,1H3,(H,19,20)/t14-/m0/s1. The first kappa shape index (κ1) is 16.4. The van der Waals surface area contributed by atoms with E-state index in [2.05, 4.69) is 5.32 Å². The number of hydrogen-bond donors (Lipinski definition) is 1. The molecule has 1 aliphatic heterocycles. The number of furan rings is 1. The molecule has 1 amide bonds. The fourth-order valence-corrected chi connectivity index (χ4v) is 2.63. The third kappa shape index (κ3) is 4.08. The van der Waals surface area contributed by atoms with Gasteiger partial charge in [0.25, 0.3) is 0 Å². The summed E-state index contributed by atoms with van der Waals surface area (Å²) >= 11 is 0. The summed E-state index contributed by atoms with van der Waals surface area (Å²) in [5, 5.41) is 3.01. The van der Waals surface area contributed by atoms with Gasteiger partial charge in [-0.3, -0.25) is 4.79 Å². The molecule has 0 fully saturated rings. The normalized spacial score (nSPS) is 13.7. The Morgan fingerprint density at radius 2 is 2.17 bits per heavy atom. The summed E-state index contributed by atoms with van der Waals surface area (Å²) in [6.45, 7) is 0.803. The highest BCUT2D eigenvalue weighted by atomic mass is 16.7. The van der Waals surface area contributed by atoms with Crippen LogP contribution in [0.15, 0.2) is 41.0 Å². The molecule has 2 heterocycles. The van der Waals surface area contributed by atoms with Crippen LogP contribution < -0.4 is 14.8 Å². The molecule has 128 valence electrons. The van der Waals surface area contributed by atoms with Gasteiger partial charge in [-0.1, -0.05) is 6.07 Å². The Morgan fingerprint density at radius 3 is 2.96 bits per heavy atom. The van der Waals surface area contributed by atoms with Crippen LogP contribution in [-0.4, -0.2) is 26.4 Å². The van der Waals surface area contributed by atoms with E-state index in [-0.39, 0.29) is 18.7 Å². The number of benzene rings is 1. The minimum absolute atomic E-state index is 0.0230. The van der Waals surface area contributed by atoms with E-state index in [4.69, 9.17) is 18.6 Å². The highest BCUT2D eigenvalue weighted by molar-refractivity contribution is 5.76. The van der Waals surface area contributed by atoms with Crippen LogP contribution >= 0.6 is 0 Å². The molecule has 1 N–H and O–H groups in total. The molecular weight excluding hydrogens is 310 g/mol. The Kier molecular flexibility index (Phi) is 5.38. The van der Waals surface area contributed by atoms with Gasteiger partial charge in [-0.05, 0) is 42.7 Å². The van der Waals surface area contributed by atoms with E-state index in [0.29, 0.717) is 25.9 Å². The first-order valence-corrected chi connectivity index (χ1v) is 7.96. The van der Waals surface area contributed by atoms with Gasteiger partial charge in [0.2, 0.25) is 12.7 Å². The van der Waals surface area contributed by atoms with Gasteiger partial charge in [-0.2, -0.15) is 0 Å². The Hall–Kier alpha value is -2.47.